The number of hydrogen-bond donors (Lipinski definition) is 2. The summed E-state index contributed by atoms with van der Waals surface area (Å²) in [6, 6.07) is 3.83. The lowest BCUT2D eigenvalue weighted by atomic mass is 9.91. The van der Waals surface area contributed by atoms with E-state index in [1.54, 1.807) is 7.11 Å². The molecule has 1 aliphatic heterocycles. The van der Waals surface area contributed by atoms with Crippen LogP contribution in [0.4, 0.5) is 0 Å². The quantitative estimate of drug-likeness (QED) is 0.844. The number of aromatic hydroxyl groups is 1. The van der Waals surface area contributed by atoms with Gasteiger partial charge < -0.3 is 15.2 Å². The van der Waals surface area contributed by atoms with Gasteiger partial charge in [0, 0.05) is 0 Å². The van der Waals surface area contributed by atoms with E-state index < -0.39 is 0 Å². The summed E-state index contributed by atoms with van der Waals surface area (Å²) in [7, 11) is 1.66. The van der Waals surface area contributed by atoms with E-state index in [9.17, 15) is 5.11 Å². The molecule has 0 bridgehead atoms. The molecule has 1 aliphatic rings. The van der Waals surface area contributed by atoms with E-state index in [0.29, 0.717) is 11.7 Å². The molecule has 1 atom stereocenters. The molecule has 2 rings (SSSR count). The minimum Gasteiger partial charge on any atom is -0.507 e. The molecule has 1 aromatic carbocycles. The smallest absolute Gasteiger partial charge is 0.121 e. The molecule has 94 valence electrons. The molecule has 3 nitrogen and oxygen atoms in total. The molecule has 0 aliphatic carbocycles. The fraction of sp³-hybridized carbons (Fsp3) is 0.571. The van der Waals surface area contributed by atoms with Crippen molar-refractivity contribution in [3.63, 3.8) is 0 Å². The largest absolute Gasteiger partial charge is 0.507 e. The summed E-state index contributed by atoms with van der Waals surface area (Å²) in [5.74, 6) is 1.89. The zero-order valence-electron chi connectivity index (χ0n) is 10.6. The lowest BCUT2D eigenvalue weighted by Crippen LogP contribution is -2.30. The van der Waals surface area contributed by atoms with Crippen LogP contribution in [0.3, 0.4) is 0 Å². The van der Waals surface area contributed by atoms with Gasteiger partial charge >= 0.3 is 0 Å². The number of ether oxygens (including phenoxy) is 1. The summed E-state index contributed by atoms with van der Waals surface area (Å²) in [6.45, 7) is 4.09. The van der Waals surface area contributed by atoms with Gasteiger partial charge in [0.2, 0.25) is 0 Å². The van der Waals surface area contributed by atoms with Crippen LogP contribution in [0.2, 0.25) is 0 Å². The summed E-state index contributed by atoms with van der Waals surface area (Å²) in [6.07, 6.45) is 3.40. The van der Waals surface area contributed by atoms with Crippen LogP contribution in [0.5, 0.6) is 11.5 Å². The maximum Gasteiger partial charge on any atom is 0.121 e. The first kappa shape index (κ1) is 12.2. The SMILES string of the molecule is COc1cc(C)c(O)c(CC2CCCNC2)c1. The zero-order chi connectivity index (χ0) is 12.3. The number of benzene rings is 1. The number of phenolic OH excluding ortho intramolecular Hbond substituents is 1. The third kappa shape index (κ3) is 2.91. The second kappa shape index (κ2) is 5.41. The molecule has 2 N–H and O–H groups in total. The molecule has 3 heteroatoms. The second-order valence-electron chi connectivity index (χ2n) is 4.87. The van der Waals surface area contributed by atoms with E-state index in [1.165, 1.54) is 12.8 Å². The highest BCUT2D eigenvalue weighted by Crippen LogP contribution is 2.30. The van der Waals surface area contributed by atoms with Crippen LogP contribution < -0.4 is 10.1 Å². The third-order valence-electron chi connectivity index (χ3n) is 3.50. The summed E-state index contributed by atoms with van der Waals surface area (Å²) >= 11 is 0. The van der Waals surface area contributed by atoms with E-state index in [2.05, 4.69) is 5.32 Å². The highest BCUT2D eigenvalue weighted by molar-refractivity contribution is 5.45. The first-order valence-electron chi connectivity index (χ1n) is 6.28. The van der Waals surface area contributed by atoms with Gasteiger partial charge in [-0.2, -0.15) is 0 Å². The first-order valence-corrected chi connectivity index (χ1v) is 6.28. The molecule has 1 heterocycles. The number of hydrogen-bond acceptors (Lipinski definition) is 3. The summed E-state index contributed by atoms with van der Waals surface area (Å²) in [5, 5.41) is 13.5. The Hall–Kier alpha value is -1.22. The van der Waals surface area contributed by atoms with Crippen LogP contribution in [0, 0.1) is 12.8 Å². The second-order valence-corrected chi connectivity index (χ2v) is 4.87. The van der Waals surface area contributed by atoms with Crippen molar-refractivity contribution in [2.45, 2.75) is 26.2 Å². The van der Waals surface area contributed by atoms with Crippen LogP contribution in [0.25, 0.3) is 0 Å². The molecule has 1 fully saturated rings. The van der Waals surface area contributed by atoms with Crippen molar-refractivity contribution in [3.05, 3.63) is 23.3 Å². The average molecular weight is 235 g/mol. The lowest BCUT2D eigenvalue weighted by Gasteiger charge is -2.23. The molecule has 0 saturated carbocycles. The Labute approximate surface area is 103 Å². The van der Waals surface area contributed by atoms with Crippen molar-refractivity contribution in [1.29, 1.82) is 0 Å². The predicted molar refractivity (Wildman–Crippen MR) is 68.7 cm³/mol. The van der Waals surface area contributed by atoms with Gasteiger partial charge in [-0.05, 0) is 68.5 Å². The fourth-order valence-corrected chi connectivity index (χ4v) is 2.50. The van der Waals surface area contributed by atoms with Crippen molar-refractivity contribution in [1.82, 2.24) is 5.32 Å². The van der Waals surface area contributed by atoms with E-state index >= 15 is 0 Å². The van der Waals surface area contributed by atoms with Gasteiger partial charge in [0.1, 0.15) is 11.5 Å². The van der Waals surface area contributed by atoms with Gasteiger partial charge in [0.15, 0.2) is 0 Å². The van der Waals surface area contributed by atoms with Crippen LogP contribution in [0.15, 0.2) is 12.1 Å². The zero-order valence-corrected chi connectivity index (χ0v) is 10.6. The molecule has 17 heavy (non-hydrogen) atoms. The van der Waals surface area contributed by atoms with E-state index in [-0.39, 0.29) is 0 Å². The molecule has 0 aromatic heterocycles. The summed E-state index contributed by atoms with van der Waals surface area (Å²) in [5.41, 5.74) is 1.90. The van der Waals surface area contributed by atoms with Gasteiger partial charge in [-0.25, -0.2) is 0 Å². The van der Waals surface area contributed by atoms with Crippen molar-refractivity contribution in [2.75, 3.05) is 20.2 Å². The molecule has 0 radical (unpaired) electrons. The highest BCUT2D eigenvalue weighted by Gasteiger charge is 2.16. The Balaban J connectivity index is 2.15. The number of rotatable bonds is 3. The Bertz CT molecular complexity index is 384. The van der Waals surface area contributed by atoms with Crippen molar-refractivity contribution in [2.24, 2.45) is 5.92 Å². The third-order valence-corrected chi connectivity index (χ3v) is 3.50. The number of piperidine rings is 1. The van der Waals surface area contributed by atoms with Crippen LogP contribution >= 0.6 is 0 Å². The van der Waals surface area contributed by atoms with Crippen molar-refractivity contribution in [3.8, 4) is 11.5 Å². The van der Waals surface area contributed by atoms with Gasteiger partial charge in [0.25, 0.3) is 0 Å². The Morgan fingerprint density at radius 1 is 1.47 bits per heavy atom. The number of aryl methyl sites for hydroxylation is 1. The summed E-state index contributed by atoms with van der Waals surface area (Å²) < 4.78 is 5.25. The minimum absolute atomic E-state index is 0.427. The number of phenols is 1. The Kier molecular flexibility index (Phi) is 3.89. The molecule has 1 aromatic rings. The normalized spacial score (nSPS) is 20.2. The average Bonchev–Trinajstić information content (AvgIpc) is 2.36. The Morgan fingerprint density at radius 3 is 2.94 bits per heavy atom. The molecular formula is C14H21NO2. The fourth-order valence-electron chi connectivity index (χ4n) is 2.50. The van der Waals surface area contributed by atoms with Gasteiger partial charge in [-0.15, -0.1) is 0 Å². The maximum absolute atomic E-state index is 10.1. The van der Waals surface area contributed by atoms with Gasteiger partial charge in [-0.3, -0.25) is 0 Å². The van der Waals surface area contributed by atoms with E-state index in [0.717, 1.165) is 36.4 Å². The van der Waals surface area contributed by atoms with E-state index in [4.69, 9.17) is 4.74 Å². The standard InChI is InChI=1S/C14H21NO2/c1-10-6-13(17-2)8-12(14(10)16)7-11-4-3-5-15-9-11/h6,8,11,15-16H,3-5,7,9H2,1-2H3. The minimum atomic E-state index is 0.427. The maximum atomic E-state index is 10.1. The van der Waals surface area contributed by atoms with E-state index in [1.807, 2.05) is 19.1 Å². The molecule has 1 saturated heterocycles. The Morgan fingerprint density at radius 2 is 2.29 bits per heavy atom. The topological polar surface area (TPSA) is 41.5 Å². The molecule has 1 unspecified atom stereocenters. The summed E-state index contributed by atoms with van der Waals surface area (Å²) in [4.78, 5) is 0. The van der Waals surface area contributed by atoms with Gasteiger partial charge in [0.05, 0.1) is 7.11 Å². The van der Waals surface area contributed by atoms with Crippen molar-refractivity contribution < 1.29 is 9.84 Å². The molecular weight excluding hydrogens is 214 g/mol. The number of nitrogens with one attached hydrogen (secondary N) is 1. The number of methoxy groups -OCH3 is 1. The first-order chi connectivity index (χ1) is 8.20. The monoisotopic (exact) mass is 235 g/mol. The van der Waals surface area contributed by atoms with Gasteiger partial charge in [-0.1, -0.05) is 0 Å². The van der Waals surface area contributed by atoms with Crippen LogP contribution in [-0.4, -0.2) is 25.3 Å². The van der Waals surface area contributed by atoms with Crippen LogP contribution in [-0.2, 0) is 6.42 Å². The predicted octanol–water partition coefficient (Wildman–Crippen LogP) is 2.25. The lowest BCUT2D eigenvalue weighted by molar-refractivity contribution is 0.367. The van der Waals surface area contributed by atoms with Crippen molar-refractivity contribution >= 4 is 0 Å². The molecule has 0 amide bonds. The highest BCUT2D eigenvalue weighted by atomic mass is 16.5. The molecule has 0 spiro atoms. The van der Waals surface area contributed by atoms with Crippen LogP contribution in [0.1, 0.15) is 24.0 Å².